The molecular weight excluding hydrogens is 392 g/mol. The Balaban J connectivity index is 1.51. The van der Waals surface area contributed by atoms with E-state index in [1.807, 2.05) is 18.2 Å². The van der Waals surface area contributed by atoms with Crippen molar-refractivity contribution in [2.45, 2.75) is 25.4 Å². The van der Waals surface area contributed by atoms with Crippen LogP contribution < -0.4 is 0 Å². The van der Waals surface area contributed by atoms with E-state index in [1.54, 1.807) is 0 Å². The molecule has 156 valence electrons. The smallest absolute Gasteiger partial charge is 0.223 e. The normalized spacial score (nSPS) is 16.3. The molecule has 6 rings (SSSR count). The summed E-state index contributed by atoms with van der Waals surface area (Å²) in [5, 5.41) is 3.65. The molecule has 1 saturated heterocycles. The second-order valence-electron chi connectivity index (χ2n) is 8.58. The van der Waals surface area contributed by atoms with Gasteiger partial charge in [-0.15, -0.1) is 0 Å². The van der Waals surface area contributed by atoms with Crippen molar-refractivity contribution in [3.8, 4) is 11.3 Å². The van der Waals surface area contributed by atoms with Gasteiger partial charge < -0.3 is 9.88 Å². The van der Waals surface area contributed by atoms with Crippen LogP contribution in [0.2, 0.25) is 0 Å². The number of aromatic amines is 1. The first-order chi connectivity index (χ1) is 15.8. The minimum Gasteiger partial charge on any atom is -0.354 e. The highest BCUT2D eigenvalue weighted by molar-refractivity contribution is 5.95. The van der Waals surface area contributed by atoms with Crippen molar-refractivity contribution in [1.82, 2.24) is 9.88 Å². The second kappa shape index (κ2) is 7.69. The molecule has 5 aromatic rings. The van der Waals surface area contributed by atoms with Crippen molar-refractivity contribution in [3.63, 3.8) is 0 Å². The van der Waals surface area contributed by atoms with E-state index in [-0.39, 0.29) is 11.9 Å². The number of amides is 1. The zero-order valence-electron chi connectivity index (χ0n) is 17.8. The first-order valence-corrected chi connectivity index (χ1v) is 11.2. The number of hydrogen-bond donors (Lipinski definition) is 1. The van der Waals surface area contributed by atoms with Gasteiger partial charge in [-0.25, -0.2) is 0 Å². The van der Waals surface area contributed by atoms with E-state index in [2.05, 4.69) is 88.7 Å². The number of hydrogen-bond acceptors (Lipinski definition) is 1. The summed E-state index contributed by atoms with van der Waals surface area (Å²) in [6, 6.07) is 33.9. The Morgan fingerprint density at radius 2 is 1.56 bits per heavy atom. The van der Waals surface area contributed by atoms with E-state index < -0.39 is 0 Å². The molecule has 1 N–H and O–H groups in total. The highest BCUT2D eigenvalue weighted by Gasteiger charge is 2.35. The van der Waals surface area contributed by atoms with Crippen molar-refractivity contribution in [2.24, 2.45) is 0 Å². The molecule has 1 aliphatic heterocycles. The van der Waals surface area contributed by atoms with Crippen molar-refractivity contribution >= 4 is 27.6 Å². The molecule has 4 aromatic carbocycles. The van der Waals surface area contributed by atoms with Crippen LogP contribution in [0.15, 0.2) is 97.1 Å². The van der Waals surface area contributed by atoms with Gasteiger partial charge in [0.1, 0.15) is 0 Å². The topological polar surface area (TPSA) is 36.1 Å². The molecule has 1 fully saturated rings. The average molecular weight is 417 g/mol. The van der Waals surface area contributed by atoms with Gasteiger partial charge in [0.2, 0.25) is 5.91 Å². The third-order valence-corrected chi connectivity index (χ3v) is 6.64. The lowest BCUT2D eigenvalue weighted by molar-refractivity contribution is -0.129. The third kappa shape index (κ3) is 3.18. The summed E-state index contributed by atoms with van der Waals surface area (Å²) in [6.45, 7) is 0.640. The highest BCUT2D eigenvalue weighted by atomic mass is 16.2. The first-order valence-electron chi connectivity index (χ1n) is 11.2. The number of H-pyrrole nitrogens is 1. The number of benzene rings is 4. The van der Waals surface area contributed by atoms with Crippen LogP contribution in [0.5, 0.6) is 0 Å². The monoisotopic (exact) mass is 416 g/mol. The maximum atomic E-state index is 13.0. The van der Waals surface area contributed by atoms with Crippen LogP contribution in [0, 0.1) is 0 Å². The van der Waals surface area contributed by atoms with Crippen LogP contribution in [-0.2, 0) is 11.3 Å². The Bertz CT molecular complexity index is 1430. The SMILES string of the molecule is O=C1CCC(c2c(-c3ccc4ccccc4c3)[nH]c3ccccc23)N1Cc1ccccc1. The number of nitrogens with one attached hydrogen (secondary N) is 1. The molecule has 2 heterocycles. The van der Waals surface area contributed by atoms with Gasteiger partial charge in [-0.2, -0.15) is 0 Å². The maximum absolute atomic E-state index is 13.0. The van der Waals surface area contributed by atoms with E-state index in [9.17, 15) is 4.79 Å². The van der Waals surface area contributed by atoms with Gasteiger partial charge in [0.05, 0.1) is 11.7 Å². The van der Waals surface area contributed by atoms with Gasteiger partial charge >= 0.3 is 0 Å². The molecule has 0 bridgehead atoms. The van der Waals surface area contributed by atoms with Gasteiger partial charge in [0.15, 0.2) is 0 Å². The fourth-order valence-corrected chi connectivity index (χ4v) is 5.09. The molecule has 0 aliphatic carbocycles. The average Bonchev–Trinajstić information content (AvgIpc) is 3.39. The summed E-state index contributed by atoms with van der Waals surface area (Å²) in [5.41, 5.74) is 5.80. The lowest BCUT2D eigenvalue weighted by Gasteiger charge is -2.26. The zero-order chi connectivity index (χ0) is 21.5. The first kappa shape index (κ1) is 18.9. The van der Waals surface area contributed by atoms with Crippen molar-refractivity contribution in [3.05, 3.63) is 108 Å². The Labute approximate surface area is 187 Å². The number of carbonyl (C=O) groups excluding carboxylic acids is 1. The van der Waals surface area contributed by atoms with Gasteiger partial charge in [0, 0.05) is 29.4 Å². The minimum absolute atomic E-state index is 0.0559. The predicted octanol–water partition coefficient (Wildman–Crippen LogP) is 6.85. The summed E-state index contributed by atoms with van der Waals surface area (Å²) in [7, 11) is 0. The maximum Gasteiger partial charge on any atom is 0.223 e. The fourth-order valence-electron chi connectivity index (χ4n) is 5.09. The van der Waals surface area contributed by atoms with E-state index in [1.165, 1.54) is 27.3 Å². The van der Waals surface area contributed by atoms with Crippen LogP contribution in [-0.4, -0.2) is 15.8 Å². The molecule has 1 atom stereocenters. The molecule has 0 saturated carbocycles. The summed E-state index contributed by atoms with van der Waals surface area (Å²) >= 11 is 0. The Morgan fingerprint density at radius 1 is 0.812 bits per heavy atom. The van der Waals surface area contributed by atoms with Gasteiger partial charge in [-0.3, -0.25) is 4.79 Å². The summed E-state index contributed by atoms with van der Waals surface area (Å²) in [4.78, 5) is 18.7. The van der Waals surface area contributed by atoms with E-state index >= 15 is 0 Å². The van der Waals surface area contributed by atoms with E-state index in [0.29, 0.717) is 13.0 Å². The second-order valence-corrected chi connectivity index (χ2v) is 8.58. The largest absolute Gasteiger partial charge is 0.354 e. The molecule has 1 unspecified atom stereocenters. The fraction of sp³-hybridized carbons (Fsp3) is 0.138. The number of para-hydroxylation sites is 1. The molecule has 32 heavy (non-hydrogen) atoms. The third-order valence-electron chi connectivity index (χ3n) is 6.64. The van der Waals surface area contributed by atoms with Crippen LogP contribution in [0.1, 0.15) is 30.0 Å². The number of fused-ring (bicyclic) bond motifs is 2. The number of aromatic nitrogens is 1. The number of nitrogens with zero attached hydrogens (tertiary/aromatic N) is 1. The van der Waals surface area contributed by atoms with E-state index in [0.717, 1.165) is 23.2 Å². The Hall–Kier alpha value is -3.85. The van der Waals surface area contributed by atoms with Crippen molar-refractivity contribution < 1.29 is 4.79 Å². The Kier molecular flexibility index (Phi) is 4.53. The standard InChI is InChI=1S/C29H24N2O/c32-27-17-16-26(31(27)19-20-8-2-1-3-9-20)28-24-12-6-7-13-25(24)30-29(28)23-15-14-21-10-4-5-11-22(21)18-23/h1-15,18,26,30H,16-17,19H2. The zero-order valence-corrected chi connectivity index (χ0v) is 17.8. The molecule has 3 heteroatoms. The summed E-state index contributed by atoms with van der Waals surface area (Å²) in [5.74, 6) is 0.230. The lowest BCUT2D eigenvalue weighted by Crippen LogP contribution is -2.27. The van der Waals surface area contributed by atoms with Gasteiger partial charge in [0.25, 0.3) is 0 Å². The van der Waals surface area contributed by atoms with E-state index in [4.69, 9.17) is 0 Å². The summed E-state index contributed by atoms with van der Waals surface area (Å²) < 4.78 is 0. The van der Waals surface area contributed by atoms with Gasteiger partial charge in [-0.05, 0) is 40.5 Å². The number of rotatable bonds is 4. The Morgan fingerprint density at radius 3 is 2.44 bits per heavy atom. The molecule has 1 aliphatic rings. The molecule has 0 spiro atoms. The molecular formula is C29H24N2O. The van der Waals surface area contributed by atoms with Crippen molar-refractivity contribution in [2.75, 3.05) is 0 Å². The number of likely N-dealkylation sites (tertiary alicyclic amines) is 1. The quantitative estimate of drug-likeness (QED) is 0.342. The molecule has 1 amide bonds. The highest BCUT2D eigenvalue weighted by Crippen LogP contribution is 2.43. The predicted molar refractivity (Wildman–Crippen MR) is 130 cm³/mol. The van der Waals surface area contributed by atoms with Crippen molar-refractivity contribution in [1.29, 1.82) is 0 Å². The molecule has 1 aromatic heterocycles. The van der Waals surface area contributed by atoms with Gasteiger partial charge in [-0.1, -0.05) is 84.9 Å². The van der Waals surface area contributed by atoms with Crippen LogP contribution >= 0.6 is 0 Å². The number of carbonyl (C=O) groups is 1. The molecule has 0 radical (unpaired) electrons. The van der Waals surface area contributed by atoms with Crippen LogP contribution in [0.3, 0.4) is 0 Å². The van der Waals surface area contributed by atoms with Crippen LogP contribution in [0.4, 0.5) is 0 Å². The summed E-state index contributed by atoms with van der Waals surface area (Å²) in [6.07, 6.45) is 1.43. The minimum atomic E-state index is 0.0559. The molecule has 3 nitrogen and oxygen atoms in total. The lowest BCUT2D eigenvalue weighted by atomic mass is 9.95. The van der Waals surface area contributed by atoms with Crippen LogP contribution in [0.25, 0.3) is 32.9 Å².